The molecule has 0 saturated heterocycles. The molecule has 1 saturated carbocycles. The number of rotatable bonds is 6. The van der Waals surface area contributed by atoms with E-state index in [0.29, 0.717) is 31.0 Å². The van der Waals surface area contributed by atoms with E-state index in [9.17, 15) is 9.90 Å². The molecule has 2 rings (SSSR count). The first-order valence-electron chi connectivity index (χ1n) is 7.16. The van der Waals surface area contributed by atoms with Gasteiger partial charge in [-0.05, 0) is 38.3 Å². The first-order chi connectivity index (χ1) is 9.52. The molecule has 20 heavy (non-hydrogen) atoms. The van der Waals surface area contributed by atoms with Crippen LogP contribution in [-0.4, -0.2) is 40.6 Å². The second-order valence-corrected chi connectivity index (χ2v) is 5.58. The van der Waals surface area contributed by atoms with Gasteiger partial charge in [0, 0.05) is 26.1 Å². The van der Waals surface area contributed by atoms with Gasteiger partial charge >= 0.3 is 0 Å². The van der Waals surface area contributed by atoms with E-state index in [0.717, 1.165) is 24.2 Å². The summed E-state index contributed by atoms with van der Waals surface area (Å²) in [6.45, 7) is 2.66. The molecular formula is C15H23N3O2. The Morgan fingerprint density at radius 2 is 2.25 bits per heavy atom. The molecule has 1 aliphatic rings. The molecule has 1 amide bonds. The lowest BCUT2D eigenvalue weighted by atomic mass is 10.1. The average Bonchev–Trinajstić information content (AvgIpc) is 3.27. The fourth-order valence-corrected chi connectivity index (χ4v) is 2.17. The van der Waals surface area contributed by atoms with E-state index in [-0.39, 0.29) is 5.91 Å². The number of nitrogens with two attached hydrogens (primary N) is 1. The van der Waals surface area contributed by atoms with Gasteiger partial charge in [-0.25, -0.2) is 0 Å². The maximum atomic E-state index is 12.5. The normalized spacial score (nSPS) is 16.0. The molecule has 3 N–H and O–H groups in total. The van der Waals surface area contributed by atoms with Crippen molar-refractivity contribution < 1.29 is 9.90 Å². The van der Waals surface area contributed by atoms with Gasteiger partial charge in [0.15, 0.2) is 0 Å². The zero-order chi connectivity index (χ0) is 14.7. The van der Waals surface area contributed by atoms with Crippen LogP contribution >= 0.6 is 0 Å². The van der Waals surface area contributed by atoms with Crippen LogP contribution in [0.2, 0.25) is 0 Å². The van der Waals surface area contributed by atoms with Crippen LogP contribution in [0, 0.1) is 0 Å². The summed E-state index contributed by atoms with van der Waals surface area (Å²) in [5.41, 5.74) is 8.02. The van der Waals surface area contributed by atoms with Crippen LogP contribution in [0.15, 0.2) is 12.1 Å². The number of nitrogens with zero attached hydrogens (tertiary/aromatic N) is 2. The van der Waals surface area contributed by atoms with Gasteiger partial charge in [0.25, 0.3) is 5.91 Å². The largest absolute Gasteiger partial charge is 0.393 e. The topological polar surface area (TPSA) is 79.5 Å². The van der Waals surface area contributed by atoms with Gasteiger partial charge in [0.1, 0.15) is 0 Å². The van der Waals surface area contributed by atoms with Crippen LogP contribution < -0.4 is 5.73 Å². The van der Waals surface area contributed by atoms with E-state index < -0.39 is 6.10 Å². The quantitative estimate of drug-likeness (QED) is 0.820. The van der Waals surface area contributed by atoms with E-state index in [1.165, 1.54) is 0 Å². The van der Waals surface area contributed by atoms with Crippen LogP contribution in [-0.2, 0) is 6.54 Å². The molecule has 1 fully saturated rings. The standard InChI is InChI=1S/C15H23N3O2/c1-10(19)7-8-18(2)15(20)13-6-5-12(9-16)17-14(13)11-3-4-11/h5-6,10-11,19H,3-4,7-9,16H2,1-2H3. The van der Waals surface area contributed by atoms with Crippen LogP contribution in [0.4, 0.5) is 0 Å². The molecule has 1 aromatic heterocycles. The Morgan fingerprint density at radius 1 is 1.55 bits per heavy atom. The molecule has 1 atom stereocenters. The lowest BCUT2D eigenvalue weighted by molar-refractivity contribution is 0.0767. The number of pyridine rings is 1. The Balaban J connectivity index is 2.16. The number of aliphatic hydroxyl groups is 1. The smallest absolute Gasteiger partial charge is 0.255 e. The van der Waals surface area contributed by atoms with Crippen molar-refractivity contribution in [2.24, 2.45) is 5.73 Å². The highest BCUT2D eigenvalue weighted by Crippen LogP contribution is 2.40. The third-order valence-electron chi connectivity index (χ3n) is 3.61. The minimum absolute atomic E-state index is 0.0244. The number of hydrogen-bond donors (Lipinski definition) is 2. The lowest BCUT2D eigenvalue weighted by Gasteiger charge is -2.19. The van der Waals surface area contributed by atoms with Gasteiger partial charge in [-0.3, -0.25) is 9.78 Å². The van der Waals surface area contributed by atoms with Crippen molar-refractivity contribution in [2.75, 3.05) is 13.6 Å². The molecule has 0 radical (unpaired) electrons. The molecule has 5 nitrogen and oxygen atoms in total. The summed E-state index contributed by atoms with van der Waals surface area (Å²) < 4.78 is 0. The molecule has 5 heteroatoms. The van der Waals surface area contributed by atoms with Crippen LogP contribution in [0.5, 0.6) is 0 Å². The maximum absolute atomic E-state index is 12.5. The molecule has 0 aliphatic heterocycles. The first-order valence-corrected chi connectivity index (χ1v) is 7.16. The Morgan fingerprint density at radius 3 is 2.80 bits per heavy atom. The number of carbonyl (C=O) groups is 1. The highest BCUT2D eigenvalue weighted by Gasteiger charge is 2.30. The van der Waals surface area contributed by atoms with Crippen molar-refractivity contribution in [3.63, 3.8) is 0 Å². The Hall–Kier alpha value is -1.46. The van der Waals surface area contributed by atoms with Crippen LogP contribution in [0.1, 0.15) is 53.8 Å². The lowest BCUT2D eigenvalue weighted by Crippen LogP contribution is -2.30. The van der Waals surface area contributed by atoms with Gasteiger partial charge in [-0.2, -0.15) is 0 Å². The zero-order valence-corrected chi connectivity index (χ0v) is 12.2. The average molecular weight is 277 g/mol. The summed E-state index contributed by atoms with van der Waals surface area (Å²) in [5, 5.41) is 9.31. The maximum Gasteiger partial charge on any atom is 0.255 e. The summed E-state index contributed by atoms with van der Waals surface area (Å²) in [4.78, 5) is 18.7. The summed E-state index contributed by atoms with van der Waals surface area (Å²) in [6, 6.07) is 3.66. The molecule has 0 spiro atoms. The molecular weight excluding hydrogens is 254 g/mol. The highest BCUT2D eigenvalue weighted by atomic mass is 16.3. The summed E-state index contributed by atoms with van der Waals surface area (Å²) in [6.07, 6.45) is 2.37. The molecule has 1 aliphatic carbocycles. The number of aliphatic hydroxyl groups excluding tert-OH is 1. The van der Waals surface area contributed by atoms with E-state index in [4.69, 9.17) is 5.73 Å². The molecule has 0 aromatic carbocycles. The van der Waals surface area contributed by atoms with Gasteiger partial charge in [-0.1, -0.05) is 0 Å². The number of hydrogen-bond acceptors (Lipinski definition) is 4. The third kappa shape index (κ3) is 3.55. The summed E-state index contributed by atoms with van der Waals surface area (Å²) in [5.74, 6) is 0.384. The van der Waals surface area contributed by atoms with Crippen molar-refractivity contribution in [3.05, 3.63) is 29.1 Å². The molecule has 0 bridgehead atoms. The van der Waals surface area contributed by atoms with Gasteiger partial charge < -0.3 is 15.7 Å². The van der Waals surface area contributed by atoms with Crippen LogP contribution in [0.25, 0.3) is 0 Å². The minimum Gasteiger partial charge on any atom is -0.393 e. The molecule has 1 heterocycles. The second kappa shape index (κ2) is 6.33. The highest BCUT2D eigenvalue weighted by molar-refractivity contribution is 5.95. The fourth-order valence-electron chi connectivity index (χ4n) is 2.17. The second-order valence-electron chi connectivity index (χ2n) is 5.58. The molecule has 110 valence electrons. The van der Waals surface area contributed by atoms with Crippen molar-refractivity contribution in [1.82, 2.24) is 9.88 Å². The fraction of sp³-hybridized carbons (Fsp3) is 0.600. The Labute approximate surface area is 119 Å². The van der Waals surface area contributed by atoms with Gasteiger partial charge in [0.2, 0.25) is 0 Å². The Kier molecular flexibility index (Phi) is 4.73. The predicted molar refractivity (Wildman–Crippen MR) is 77.4 cm³/mol. The first kappa shape index (κ1) is 14.9. The summed E-state index contributed by atoms with van der Waals surface area (Å²) in [7, 11) is 1.76. The van der Waals surface area contributed by atoms with Crippen molar-refractivity contribution >= 4 is 5.91 Å². The molecule has 1 unspecified atom stereocenters. The van der Waals surface area contributed by atoms with Crippen molar-refractivity contribution in [2.45, 2.75) is 44.8 Å². The summed E-state index contributed by atoms with van der Waals surface area (Å²) >= 11 is 0. The zero-order valence-electron chi connectivity index (χ0n) is 12.2. The monoisotopic (exact) mass is 277 g/mol. The van der Waals surface area contributed by atoms with E-state index in [2.05, 4.69) is 4.98 Å². The SMILES string of the molecule is CC(O)CCN(C)C(=O)c1ccc(CN)nc1C1CC1. The van der Waals surface area contributed by atoms with E-state index in [1.807, 2.05) is 12.1 Å². The van der Waals surface area contributed by atoms with Crippen molar-refractivity contribution in [1.29, 1.82) is 0 Å². The van der Waals surface area contributed by atoms with Crippen molar-refractivity contribution in [3.8, 4) is 0 Å². The van der Waals surface area contributed by atoms with Gasteiger partial charge in [-0.15, -0.1) is 0 Å². The number of carbonyl (C=O) groups excluding carboxylic acids is 1. The number of amides is 1. The van der Waals surface area contributed by atoms with Gasteiger partial charge in [0.05, 0.1) is 23.1 Å². The van der Waals surface area contributed by atoms with Crippen LogP contribution in [0.3, 0.4) is 0 Å². The predicted octanol–water partition coefficient (Wildman–Crippen LogP) is 1.26. The van der Waals surface area contributed by atoms with E-state index in [1.54, 1.807) is 18.9 Å². The molecule has 1 aromatic rings. The minimum atomic E-state index is -0.397. The Bertz CT molecular complexity index is 484. The third-order valence-corrected chi connectivity index (χ3v) is 3.61. The van der Waals surface area contributed by atoms with E-state index >= 15 is 0 Å². The number of aromatic nitrogens is 1.